The number of hydrogen-bond acceptors (Lipinski definition) is 4. The van der Waals surface area contributed by atoms with Gasteiger partial charge in [-0.25, -0.2) is 0 Å². The van der Waals surface area contributed by atoms with Gasteiger partial charge in [0.2, 0.25) is 0 Å². The molecular formula is C12H19NO3. The number of hydrogen-bond donors (Lipinski definition) is 0. The van der Waals surface area contributed by atoms with Crippen LogP contribution in [0.15, 0.2) is 0 Å². The van der Waals surface area contributed by atoms with E-state index in [2.05, 4.69) is 6.07 Å². The molecule has 0 aromatic carbocycles. The van der Waals surface area contributed by atoms with Crippen molar-refractivity contribution in [3.8, 4) is 6.07 Å². The van der Waals surface area contributed by atoms with Crippen LogP contribution in [0.1, 0.15) is 39.5 Å². The molecule has 1 aliphatic heterocycles. The fourth-order valence-corrected chi connectivity index (χ4v) is 1.89. The molecule has 0 radical (unpaired) electrons. The second-order valence-corrected chi connectivity index (χ2v) is 4.36. The third kappa shape index (κ3) is 3.21. The van der Waals surface area contributed by atoms with Gasteiger partial charge in [-0.05, 0) is 33.1 Å². The Morgan fingerprint density at radius 3 is 2.88 bits per heavy atom. The summed E-state index contributed by atoms with van der Waals surface area (Å²) in [6.45, 7) is 4.41. The summed E-state index contributed by atoms with van der Waals surface area (Å²) < 4.78 is 10.5. The van der Waals surface area contributed by atoms with Crippen LogP contribution in [-0.2, 0) is 14.3 Å². The molecule has 4 heteroatoms. The maximum Gasteiger partial charge on any atom is 0.326 e. The Balaban J connectivity index is 2.58. The smallest absolute Gasteiger partial charge is 0.326 e. The second-order valence-electron chi connectivity index (χ2n) is 4.36. The summed E-state index contributed by atoms with van der Waals surface area (Å²) in [5.41, 5.74) is -1.07. The van der Waals surface area contributed by atoms with Crippen molar-refractivity contribution < 1.29 is 14.3 Å². The first-order valence-electron chi connectivity index (χ1n) is 5.82. The van der Waals surface area contributed by atoms with Crippen molar-refractivity contribution in [2.24, 2.45) is 5.41 Å². The molecule has 2 atom stereocenters. The number of nitrogens with zero attached hydrogens (tertiary/aromatic N) is 1. The first kappa shape index (κ1) is 13.0. The molecule has 16 heavy (non-hydrogen) atoms. The van der Waals surface area contributed by atoms with E-state index in [9.17, 15) is 4.79 Å². The maximum absolute atomic E-state index is 11.7. The van der Waals surface area contributed by atoms with Gasteiger partial charge >= 0.3 is 5.97 Å². The number of nitriles is 1. The van der Waals surface area contributed by atoms with E-state index in [1.807, 2.05) is 0 Å². The molecule has 0 bridgehead atoms. The van der Waals surface area contributed by atoms with Crippen molar-refractivity contribution in [1.29, 1.82) is 5.26 Å². The normalized spacial score (nSPS) is 24.2. The van der Waals surface area contributed by atoms with Crippen LogP contribution in [0.25, 0.3) is 0 Å². The van der Waals surface area contributed by atoms with Crippen molar-refractivity contribution in [1.82, 2.24) is 0 Å². The molecule has 90 valence electrons. The number of carbonyl (C=O) groups excluding carboxylic acids is 1. The Morgan fingerprint density at radius 1 is 1.62 bits per heavy atom. The zero-order valence-corrected chi connectivity index (χ0v) is 9.99. The molecule has 1 fully saturated rings. The number of esters is 1. The van der Waals surface area contributed by atoms with E-state index in [0.29, 0.717) is 13.0 Å². The van der Waals surface area contributed by atoms with E-state index in [1.54, 1.807) is 13.8 Å². The Kier molecular flexibility index (Phi) is 4.75. The van der Waals surface area contributed by atoms with E-state index >= 15 is 0 Å². The van der Waals surface area contributed by atoms with Crippen LogP contribution in [-0.4, -0.2) is 25.3 Å². The third-order valence-corrected chi connectivity index (χ3v) is 2.88. The molecule has 1 rings (SSSR count). The van der Waals surface area contributed by atoms with Gasteiger partial charge in [0.15, 0.2) is 5.41 Å². The molecule has 0 spiro atoms. The van der Waals surface area contributed by atoms with Gasteiger partial charge in [-0.1, -0.05) is 0 Å². The summed E-state index contributed by atoms with van der Waals surface area (Å²) in [6, 6.07) is 2.06. The number of ether oxygens (including phenoxy) is 2. The van der Waals surface area contributed by atoms with E-state index in [0.717, 1.165) is 25.9 Å². The average molecular weight is 225 g/mol. The average Bonchev–Trinajstić information content (AvgIpc) is 2.30. The van der Waals surface area contributed by atoms with Gasteiger partial charge in [-0.15, -0.1) is 0 Å². The SMILES string of the molecule is CCOC(=O)C(C)(C#N)CC1CCCCO1. The van der Waals surface area contributed by atoms with E-state index in [4.69, 9.17) is 14.7 Å². The van der Waals surface area contributed by atoms with Gasteiger partial charge in [0, 0.05) is 13.0 Å². The van der Waals surface area contributed by atoms with Crippen LogP contribution in [0.2, 0.25) is 0 Å². The first-order chi connectivity index (χ1) is 7.62. The molecule has 1 aliphatic rings. The molecule has 4 nitrogen and oxygen atoms in total. The molecule has 0 aliphatic carbocycles. The lowest BCUT2D eigenvalue weighted by molar-refractivity contribution is -0.153. The van der Waals surface area contributed by atoms with Gasteiger partial charge < -0.3 is 9.47 Å². The molecule has 1 heterocycles. The van der Waals surface area contributed by atoms with Crippen LogP contribution in [0, 0.1) is 16.7 Å². The highest BCUT2D eigenvalue weighted by Gasteiger charge is 2.38. The minimum atomic E-state index is -1.07. The quantitative estimate of drug-likeness (QED) is 0.687. The summed E-state index contributed by atoms with van der Waals surface area (Å²) in [5, 5.41) is 9.11. The summed E-state index contributed by atoms with van der Waals surface area (Å²) in [6.07, 6.45) is 3.55. The topological polar surface area (TPSA) is 59.3 Å². The lowest BCUT2D eigenvalue weighted by atomic mass is 9.84. The molecule has 0 N–H and O–H groups in total. The van der Waals surface area contributed by atoms with Crippen LogP contribution < -0.4 is 0 Å². The summed E-state index contributed by atoms with van der Waals surface area (Å²) in [7, 11) is 0. The number of rotatable bonds is 4. The first-order valence-corrected chi connectivity index (χ1v) is 5.82. The van der Waals surface area contributed by atoms with Crippen LogP contribution in [0.4, 0.5) is 0 Å². The highest BCUT2D eigenvalue weighted by Crippen LogP contribution is 2.29. The third-order valence-electron chi connectivity index (χ3n) is 2.88. The summed E-state index contributed by atoms with van der Waals surface area (Å²) in [4.78, 5) is 11.7. The van der Waals surface area contributed by atoms with E-state index in [-0.39, 0.29) is 6.10 Å². The molecular weight excluding hydrogens is 206 g/mol. The van der Waals surface area contributed by atoms with Crippen LogP contribution in [0.3, 0.4) is 0 Å². The minimum absolute atomic E-state index is 0.0165. The Morgan fingerprint density at radius 2 is 2.38 bits per heavy atom. The number of carbonyl (C=O) groups is 1. The van der Waals surface area contributed by atoms with Crippen LogP contribution in [0.5, 0.6) is 0 Å². The highest BCUT2D eigenvalue weighted by molar-refractivity contribution is 5.79. The van der Waals surface area contributed by atoms with E-state index < -0.39 is 11.4 Å². The molecule has 0 aromatic heterocycles. The lowest BCUT2D eigenvalue weighted by Gasteiger charge is -2.28. The van der Waals surface area contributed by atoms with Gasteiger partial charge in [-0.2, -0.15) is 5.26 Å². The van der Waals surface area contributed by atoms with Gasteiger partial charge in [0.1, 0.15) is 0 Å². The van der Waals surface area contributed by atoms with Crippen LogP contribution >= 0.6 is 0 Å². The summed E-state index contributed by atoms with van der Waals surface area (Å²) in [5.74, 6) is -0.438. The molecule has 0 saturated carbocycles. The van der Waals surface area contributed by atoms with E-state index in [1.165, 1.54) is 0 Å². The van der Waals surface area contributed by atoms with Crippen molar-refractivity contribution in [2.75, 3.05) is 13.2 Å². The van der Waals surface area contributed by atoms with Gasteiger partial charge in [0.25, 0.3) is 0 Å². The zero-order valence-electron chi connectivity index (χ0n) is 9.99. The lowest BCUT2D eigenvalue weighted by Crippen LogP contribution is -2.34. The maximum atomic E-state index is 11.7. The molecule has 0 aromatic rings. The Labute approximate surface area is 96.5 Å². The Hall–Kier alpha value is -1.08. The largest absolute Gasteiger partial charge is 0.465 e. The highest BCUT2D eigenvalue weighted by atomic mass is 16.5. The second kappa shape index (κ2) is 5.86. The fraction of sp³-hybridized carbons (Fsp3) is 0.833. The minimum Gasteiger partial charge on any atom is -0.465 e. The van der Waals surface area contributed by atoms with Gasteiger partial charge in [0.05, 0.1) is 18.8 Å². The predicted octanol–water partition coefficient (Wildman–Crippen LogP) is 2.04. The molecule has 1 saturated heterocycles. The molecule has 2 unspecified atom stereocenters. The monoisotopic (exact) mass is 225 g/mol. The molecule has 0 amide bonds. The van der Waals surface area contributed by atoms with Crippen molar-refractivity contribution >= 4 is 5.97 Å². The standard InChI is InChI=1S/C12H19NO3/c1-3-15-11(14)12(2,9-13)8-10-6-4-5-7-16-10/h10H,3-8H2,1-2H3. The Bertz CT molecular complexity index is 278. The zero-order chi connectivity index (χ0) is 12.0. The van der Waals surface area contributed by atoms with Crippen molar-refractivity contribution in [2.45, 2.75) is 45.6 Å². The van der Waals surface area contributed by atoms with Crippen molar-refractivity contribution in [3.63, 3.8) is 0 Å². The fourth-order valence-electron chi connectivity index (χ4n) is 1.89. The van der Waals surface area contributed by atoms with Gasteiger partial charge in [-0.3, -0.25) is 4.79 Å². The van der Waals surface area contributed by atoms with Crippen molar-refractivity contribution in [3.05, 3.63) is 0 Å². The predicted molar refractivity (Wildman–Crippen MR) is 58.6 cm³/mol. The summed E-state index contributed by atoms with van der Waals surface area (Å²) >= 11 is 0.